The molecule has 1 aromatic rings. The molecule has 0 fully saturated rings. The van der Waals surface area contributed by atoms with Crippen molar-refractivity contribution in [2.45, 2.75) is 0 Å². The quantitative estimate of drug-likeness (QED) is 0.560. The van der Waals surface area contributed by atoms with Crippen molar-refractivity contribution in [3.05, 3.63) is 42.0 Å². The molecule has 2 heteroatoms. The van der Waals surface area contributed by atoms with Crippen LogP contribution in [0, 0.1) is 17.7 Å². The van der Waals surface area contributed by atoms with Crippen LogP contribution in [-0.2, 0) is 0 Å². The molecule has 10 heavy (non-hydrogen) atoms. The van der Waals surface area contributed by atoms with Crippen molar-refractivity contribution in [1.82, 2.24) is 0 Å². The van der Waals surface area contributed by atoms with E-state index in [-0.39, 0.29) is 5.56 Å². The molecule has 0 aliphatic rings. The van der Waals surface area contributed by atoms with Crippen LogP contribution in [0.3, 0.4) is 0 Å². The van der Waals surface area contributed by atoms with Crippen molar-refractivity contribution in [3.8, 4) is 0 Å². The molecule has 0 nitrogen and oxygen atoms in total. The second-order valence-electron chi connectivity index (χ2n) is 1.77. The standard InChI is InChI=1S/C8H5F2/c1-2-6-7(9)4-3-5-8(6)10/h2,4-5H,1H2. The third-order valence-electron chi connectivity index (χ3n) is 1.14. The second-order valence-corrected chi connectivity index (χ2v) is 1.77. The fourth-order valence-electron chi connectivity index (χ4n) is 0.653. The SMILES string of the molecule is C=Cc1c(F)c[c]cc1F. The third-order valence-corrected chi connectivity index (χ3v) is 1.14. The van der Waals surface area contributed by atoms with Crippen LogP contribution in [-0.4, -0.2) is 0 Å². The van der Waals surface area contributed by atoms with Gasteiger partial charge in [0.15, 0.2) is 0 Å². The Kier molecular flexibility index (Phi) is 1.81. The van der Waals surface area contributed by atoms with Crippen molar-refractivity contribution in [1.29, 1.82) is 0 Å². The maximum absolute atomic E-state index is 12.5. The Morgan fingerprint density at radius 2 is 1.80 bits per heavy atom. The van der Waals surface area contributed by atoms with Gasteiger partial charge in [-0.2, -0.15) is 0 Å². The Balaban J connectivity index is 3.30. The molecule has 1 aromatic carbocycles. The Hall–Kier alpha value is -1.18. The summed E-state index contributed by atoms with van der Waals surface area (Å²) in [5.41, 5.74) is -0.0984. The van der Waals surface area contributed by atoms with Crippen LogP contribution >= 0.6 is 0 Å². The van der Waals surface area contributed by atoms with Gasteiger partial charge in [0.2, 0.25) is 0 Å². The minimum absolute atomic E-state index is 0.0984. The molecule has 0 amide bonds. The first kappa shape index (κ1) is 6.93. The van der Waals surface area contributed by atoms with Crippen molar-refractivity contribution in [2.24, 2.45) is 0 Å². The van der Waals surface area contributed by atoms with Gasteiger partial charge in [-0.25, -0.2) is 8.78 Å². The molecule has 0 N–H and O–H groups in total. The number of rotatable bonds is 1. The molecule has 0 aliphatic carbocycles. The predicted molar refractivity (Wildman–Crippen MR) is 35.3 cm³/mol. The van der Waals surface area contributed by atoms with E-state index in [0.717, 1.165) is 18.2 Å². The van der Waals surface area contributed by atoms with E-state index in [1.165, 1.54) is 0 Å². The molecule has 1 radical (unpaired) electrons. The summed E-state index contributed by atoms with van der Waals surface area (Å²) in [6.45, 7) is 3.26. The van der Waals surface area contributed by atoms with Gasteiger partial charge in [-0.1, -0.05) is 12.7 Å². The number of benzene rings is 1. The molecule has 0 atom stereocenters. The Labute approximate surface area is 57.8 Å². The number of hydrogen-bond donors (Lipinski definition) is 0. The average Bonchev–Trinajstić information content (AvgIpc) is 1.88. The predicted octanol–water partition coefficient (Wildman–Crippen LogP) is 2.41. The summed E-state index contributed by atoms with van der Waals surface area (Å²) in [6, 6.07) is 4.44. The highest BCUT2D eigenvalue weighted by Gasteiger charge is 2.02. The lowest BCUT2D eigenvalue weighted by atomic mass is 10.2. The van der Waals surface area contributed by atoms with E-state index in [1.807, 2.05) is 0 Å². The fraction of sp³-hybridized carbons (Fsp3) is 0. The van der Waals surface area contributed by atoms with E-state index in [1.54, 1.807) is 0 Å². The van der Waals surface area contributed by atoms with Gasteiger partial charge in [-0.15, -0.1) is 0 Å². The Morgan fingerprint density at radius 3 is 2.10 bits per heavy atom. The molecular formula is C8H5F2. The minimum Gasteiger partial charge on any atom is -0.206 e. The molecule has 0 saturated carbocycles. The molecular weight excluding hydrogens is 134 g/mol. The summed E-state index contributed by atoms with van der Waals surface area (Å²) in [5, 5.41) is 0. The van der Waals surface area contributed by atoms with E-state index < -0.39 is 11.6 Å². The van der Waals surface area contributed by atoms with Crippen molar-refractivity contribution in [2.75, 3.05) is 0 Å². The molecule has 0 aliphatic heterocycles. The Bertz CT molecular complexity index is 233. The van der Waals surface area contributed by atoms with Crippen molar-refractivity contribution in [3.63, 3.8) is 0 Å². The smallest absolute Gasteiger partial charge is 0.133 e. The lowest BCUT2D eigenvalue weighted by molar-refractivity contribution is 0.578. The maximum Gasteiger partial charge on any atom is 0.133 e. The second kappa shape index (κ2) is 2.60. The fourth-order valence-corrected chi connectivity index (χ4v) is 0.653. The highest BCUT2D eigenvalue weighted by molar-refractivity contribution is 5.47. The van der Waals surface area contributed by atoms with Gasteiger partial charge in [0.1, 0.15) is 11.6 Å². The van der Waals surface area contributed by atoms with Gasteiger partial charge in [0.25, 0.3) is 0 Å². The third kappa shape index (κ3) is 1.05. The zero-order chi connectivity index (χ0) is 7.56. The zero-order valence-electron chi connectivity index (χ0n) is 5.20. The van der Waals surface area contributed by atoms with Crippen molar-refractivity contribution >= 4 is 6.08 Å². The van der Waals surface area contributed by atoms with E-state index in [4.69, 9.17) is 0 Å². The molecule has 0 saturated heterocycles. The largest absolute Gasteiger partial charge is 0.206 e. The van der Waals surface area contributed by atoms with Crippen LogP contribution in [0.5, 0.6) is 0 Å². The highest BCUT2D eigenvalue weighted by atomic mass is 19.1. The normalized spacial score (nSPS) is 9.40. The first-order valence-corrected chi connectivity index (χ1v) is 2.73. The molecule has 0 spiro atoms. The summed E-state index contributed by atoms with van der Waals surface area (Å²) in [5.74, 6) is -1.26. The topological polar surface area (TPSA) is 0 Å². The van der Waals surface area contributed by atoms with E-state index in [0.29, 0.717) is 0 Å². The Morgan fingerprint density at radius 1 is 1.30 bits per heavy atom. The zero-order valence-corrected chi connectivity index (χ0v) is 5.20. The summed E-state index contributed by atoms with van der Waals surface area (Å²) >= 11 is 0. The van der Waals surface area contributed by atoms with E-state index >= 15 is 0 Å². The van der Waals surface area contributed by atoms with Gasteiger partial charge in [-0.05, 0) is 18.2 Å². The summed E-state index contributed by atoms with van der Waals surface area (Å²) in [6.07, 6.45) is 1.14. The monoisotopic (exact) mass is 139 g/mol. The minimum atomic E-state index is -0.630. The highest BCUT2D eigenvalue weighted by Crippen LogP contribution is 2.11. The van der Waals surface area contributed by atoms with E-state index in [2.05, 4.69) is 12.6 Å². The summed E-state index contributed by atoms with van der Waals surface area (Å²) in [4.78, 5) is 0. The first-order chi connectivity index (χ1) is 4.75. The van der Waals surface area contributed by atoms with Crippen LogP contribution < -0.4 is 0 Å². The maximum atomic E-state index is 12.5. The van der Waals surface area contributed by atoms with Crippen LogP contribution in [0.25, 0.3) is 6.08 Å². The molecule has 0 unspecified atom stereocenters. The molecule has 0 aromatic heterocycles. The molecule has 51 valence electrons. The number of hydrogen-bond acceptors (Lipinski definition) is 0. The van der Waals surface area contributed by atoms with Gasteiger partial charge >= 0.3 is 0 Å². The van der Waals surface area contributed by atoms with Gasteiger partial charge in [0, 0.05) is 5.56 Å². The van der Waals surface area contributed by atoms with Gasteiger partial charge in [0.05, 0.1) is 0 Å². The van der Waals surface area contributed by atoms with Gasteiger partial charge in [-0.3, -0.25) is 0 Å². The van der Waals surface area contributed by atoms with Crippen LogP contribution in [0.2, 0.25) is 0 Å². The summed E-state index contributed by atoms with van der Waals surface area (Å²) in [7, 11) is 0. The molecule has 0 heterocycles. The lowest BCUT2D eigenvalue weighted by Gasteiger charge is -1.95. The average molecular weight is 139 g/mol. The molecule has 0 bridgehead atoms. The van der Waals surface area contributed by atoms with Gasteiger partial charge < -0.3 is 0 Å². The van der Waals surface area contributed by atoms with Crippen LogP contribution in [0.15, 0.2) is 18.7 Å². The lowest BCUT2D eigenvalue weighted by Crippen LogP contribution is -1.86. The summed E-state index contributed by atoms with van der Waals surface area (Å²) < 4.78 is 25.0. The van der Waals surface area contributed by atoms with E-state index in [9.17, 15) is 8.78 Å². The number of halogens is 2. The van der Waals surface area contributed by atoms with Crippen LogP contribution in [0.1, 0.15) is 5.56 Å². The first-order valence-electron chi connectivity index (χ1n) is 2.73. The molecule has 1 rings (SSSR count). The van der Waals surface area contributed by atoms with Crippen LogP contribution in [0.4, 0.5) is 8.78 Å². The van der Waals surface area contributed by atoms with Crippen molar-refractivity contribution < 1.29 is 8.78 Å².